The van der Waals surface area contributed by atoms with E-state index >= 15 is 0 Å². The van der Waals surface area contributed by atoms with Crippen molar-refractivity contribution >= 4 is 29.9 Å². The number of anilines is 1. The van der Waals surface area contributed by atoms with Gasteiger partial charge in [-0.3, -0.25) is 9.59 Å². The van der Waals surface area contributed by atoms with Crippen LogP contribution in [0.1, 0.15) is 30.4 Å². The molecule has 0 aromatic heterocycles. The Morgan fingerprint density at radius 1 is 1.11 bits per heavy atom. The highest BCUT2D eigenvalue weighted by Gasteiger charge is 2.35. The van der Waals surface area contributed by atoms with E-state index in [4.69, 9.17) is 5.73 Å². The number of nitrogens with one attached hydrogen (secondary N) is 1. The number of carbonyl (C=O) groups is 2. The highest BCUT2D eigenvalue weighted by molar-refractivity contribution is 6.00. The lowest BCUT2D eigenvalue weighted by molar-refractivity contribution is -0.126. The Bertz CT molecular complexity index is 884. The normalized spacial score (nSPS) is 17.1. The van der Waals surface area contributed by atoms with Crippen LogP contribution >= 0.6 is 12.4 Å². The van der Waals surface area contributed by atoms with E-state index in [0.29, 0.717) is 19.6 Å². The molecule has 1 aliphatic carbocycles. The molecule has 3 N–H and O–H groups in total. The molecular weight excluding hydrogens is 374 g/mol. The van der Waals surface area contributed by atoms with Crippen molar-refractivity contribution in [2.75, 3.05) is 24.5 Å². The number of unbranched alkanes of at least 4 members (excludes halogenated alkanes) is 1. The predicted molar refractivity (Wildman–Crippen MR) is 114 cm³/mol. The fraction of sp³-hybridized carbons (Fsp3) is 0.364. The van der Waals surface area contributed by atoms with Crippen molar-refractivity contribution in [3.05, 3.63) is 53.6 Å². The summed E-state index contributed by atoms with van der Waals surface area (Å²) in [5.41, 5.74) is 11.5. The molecule has 1 unspecified atom stereocenters. The minimum absolute atomic E-state index is 0. The Hall–Kier alpha value is -2.37. The number of hydrogen-bond acceptors (Lipinski definition) is 3. The number of rotatable bonds is 6. The third kappa shape index (κ3) is 3.91. The van der Waals surface area contributed by atoms with Gasteiger partial charge in [0, 0.05) is 25.2 Å². The zero-order chi connectivity index (χ0) is 18.8. The first kappa shape index (κ1) is 20.4. The molecule has 1 atom stereocenters. The molecule has 148 valence electrons. The van der Waals surface area contributed by atoms with Crippen LogP contribution in [0.4, 0.5) is 5.69 Å². The second-order valence-electron chi connectivity index (χ2n) is 7.37. The zero-order valence-corrected chi connectivity index (χ0v) is 16.6. The summed E-state index contributed by atoms with van der Waals surface area (Å²) in [6, 6.07) is 14.6. The van der Waals surface area contributed by atoms with E-state index in [1.807, 2.05) is 6.07 Å². The summed E-state index contributed by atoms with van der Waals surface area (Å²) in [5, 5.41) is 2.93. The monoisotopic (exact) mass is 399 g/mol. The van der Waals surface area contributed by atoms with Crippen LogP contribution in [0.5, 0.6) is 0 Å². The van der Waals surface area contributed by atoms with Gasteiger partial charge in [0.2, 0.25) is 11.8 Å². The van der Waals surface area contributed by atoms with E-state index in [1.165, 1.54) is 22.3 Å². The van der Waals surface area contributed by atoms with Gasteiger partial charge in [-0.15, -0.1) is 12.4 Å². The Balaban J connectivity index is 0.00000225. The average molecular weight is 400 g/mol. The molecular formula is C22H26ClN3O2. The Kier molecular flexibility index (Phi) is 6.37. The van der Waals surface area contributed by atoms with Crippen LogP contribution in [0, 0.1) is 5.92 Å². The summed E-state index contributed by atoms with van der Waals surface area (Å²) < 4.78 is 0. The first-order valence-electron chi connectivity index (χ1n) is 9.66. The van der Waals surface area contributed by atoms with Crippen molar-refractivity contribution in [1.82, 2.24) is 5.32 Å². The topological polar surface area (TPSA) is 75.4 Å². The standard InChI is InChI=1S/C22H25N3O2.ClH/c23-9-3-4-10-24-22(27)17-13-21(26)25(14-17)18-7-8-20-16(12-18)11-15-5-1-2-6-19(15)20;/h1-2,5-8,12,17H,3-4,9-11,13-14,23H2,(H,24,27);1H. The first-order valence-corrected chi connectivity index (χ1v) is 9.66. The molecule has 2 amide bonds. The van der Waals surface area contributed by atoms with Gasteiger partial charge in [-0.25, -0.2) is 0 Å². The third-order valence-corrected chi connectivity index (χ3v) is 5.51. The minimum Gasteiger partial charge on any atom is -0.356 e. The fourth-order valence-corrected chi connectivity index (χ4v) is 4.06. The number of amides is 2. The lowest BCUT2D eigenvalue weighted by atomic mass is 10.1. The van der Waals surface area contributed by atoms with Crippen molar-refractivity contribution in [3.63, 3.8) is 0 Å². The van der Waals surface area contributed by atoms with Crippen molar-refractivity contribution in [2.45, 2.75) is 25.7 Å². The number of carbonyl (C=O) groups excluding carboxylic acids is 2. The highest BCUT2D eigenvalue weighted by atomic mass is 35.5. The Labute approximate surface area is 171 Å². The van der Waals surface area contributed by atoms with Gasteiger partial charge in [0.25, 0.3) is 0 Å². The Morgan fingerprint density at radius 3 is 2.71 bits per heavy atom. The number of halogens is 1. The third-order valence-electron chi connectivity index (χ3n) is 5.51. The van der Waals surface area contributed by atoms with Crippen LogP contribution in [-0.2, 0) is 16.0 Å². The molecule has 28 heavy (non-hydrogen) atoms. The van der Waals surface area contributed by atoms with Gasteiger partial charge < -0.3 is 16.0 Å². The maximum atomic E-state index is 12.5. The van der Waals surface area contributed by atoms with Crippen molar-refractivity contribution in [1.29, 1.82) is 0 Å². The molecule has 1 heterocycles. The highest BCUT2D eigenvalue weighted by Crippen LogP contribution is 2.39. The molecule has 1 saturated heterocycles. The number of nitrogens with two attached hydrogens (primary N) is 1. The first-order chi connectivity index (χ1) is 13.2. The number of nitrogens with zero attached hydrogens (tertiary/aromatic N) is 1. The number of hydrogen-bond donors (Lipinski definition) is 2. The lowest BCUT2D eigenvalue weighted by Crippen LogP contribution is -2.33. The van der Waals surface area contributed by atoms with Crippen molar-refractivity contribution in [3.8, 4) is 11.1 Å². The van der Waals surface area contributed by atoms with E-state index in [9.17, 15) is 9.59 Å². The smallest absolute Gasteiger partial charge is 0.227 e. The number of benzene rings is 2. The average Bonchev–Trinajstić information content (AvgIpc) is 3.25. The molecule has 4 rings (SSSR count). The fourth-order valence-electron chi connectivity index (χ4n) is 4.06. The SMILES string of the molecule is Cl.NCCCCNC(=O)C1CC(=O)N(c2ccc3c(c2)Cc2ccccc2-3)C1. The summed E-state index contributed by atoms with van der Waals surface area (Å²) in [5.74, 6) is -0.287. The summed E-state index contributed by atoms with van der Waals surface area (Å²) >= 11 is 0. The molecule has 0 bridgehead atoms. The maximum Gasteiger partial charge on any atom is 0.227 e. The van der Waals surface area contributed by atoms with E-state index in [0.717, 1.165) is 24.9 Å². The van der Waals surface area contributed by atoms with E-state index in [1.54, 1.807) is 4.90 Å². The molecule has 5 nitrogen and oxygen atoms in total. The van der Waals surface area contributed by atoms with Crippen LogP contribution in [-0.4, -0.2) is 31.4 Å². The van der Waals surface area contributed by atoms with Crippen LogP contribution in [0.2, 0.25) is 0 Å². The summed E-state index contributed by atoms with van der Waals surface area (Å²) in [6.45, 7) is 1.71. The summed E-state index contributed by atoms with van der Waals surface area (Å²) in [4.78, 5) is 26.6. The van der Waals surface area contributed by atoms with Crippen LogP contribution in [0.3, 0.4) is 0 Å². The molecule has 2 aromatic carbocycles. The molecule has 0 saturated carbocycles. The summed E-state index contributed by atoms with van der Waals surface area (Å²) in [6.07, 6.45) is 2.94. The molecule has 0 radical (unpaired) electrons. The number of fused-ring (bicyclic) bond motifs is 3. The van der Waals surface area contributed by atoms with Gasteiger partial charge in [0.1, 0.15) is 0 Å². The molecule has 6 heteroatoms. The van der Waals surface area contributed by atoms with Crippen LogP contribution < -0.4 is 16.0 Å². The lowest BCUT2D eigenvalue weighted by Gasteiger charge is -2.18. The molecule has 0 spiro atoms. The largest absolute Gasteiger partial charge is 0.356 e. The molecule has 2 aromatic rings. The van der Waals surface area contributed by atoms with E-state index < -0.39 is 0 Å². The van der Waals surface area contributed by atoms with Crippen molar-refractivity contribution in [2.24, 2.45) is 11.7 Å². The summed E-state index contributed by atoms with van der Waals surface area (Å²) in [7, 11) is 0. The van der Waals surface area contributed by atoms with Gasteiger partial charge >= 0.3 is 0 Å². The van der Waals surface area contributed by atoms with Gasteiger partial charge in [0.15, 0.2) is 0 Å². The van der Waals surface area contributed by atoms with Gasteiger partial charge in [0.05, 0.1) is 5.92 Å². The van der Waals surface area contributed by atoms with Crippen LogP contribution in [0.15, 0.2) is 42.5 Å². The Morgan fingerprint density at radius 2 is 1.89 bits per heavy atom. The van der Waals surface area contributed by atoms with Gasteiger partial charge in [-0.05, 0) is 60.2 Å². The van der Waals surface area contributed by atoms with Crippen molar-refractivity contribution < 1.29 is 9.59 Å². The predicted octanol–water partition coefficient (Wildman–Crippen LogP) is 2.89. The molecule has 1 aliphatic heterocycles. The zero-order valence-electron chi connectivity index (χ0n) is 15.8. The van der Waals surface area contributed by atoms with Gasteiger partial charge in [-0.1, -0.05) is 30.3 Å². The molecule has 1 fully saturated rings. The maximum absolute atomic E-state index is 12.5. The minimum atomic E-state index is -0.277. The van der Waals surface area contributed by atoms with E-state index in [2.05, 4.69) is 41.7 Å². The second kappa shape index (κ2) is 8.76. The quantitative estimate of drug-likeness (QED) is 0.626. The van der Waals surface area contributed by atoms with Crippen LogP contribution in [0.25, 0.3) is 11.1 Å². The second-order valence-corrected chi connectivity index (χ2v) is 7.37. The van der Waals surface area contributed by atoms with Gasteiger partial charge in [-0.2, -0.15) is 0 Å². The molecule has 2 aliphatic rings. The van der Waals surface area contributed by atoms with E-state index in [-0.39, 0.29) is 36.6 Å².